The summed E-state index contributed by atoms with van der Waals surface area (Å²) in [5, 5.41) is 3.58. The van der Waals surface area contributed by atoms with Gasteiger partial charge in [0.1, 0.15) is 0 Å². The zero-order chi connectivity index (χ0) is 10.7. The van der Waals surface area contributed by atoms with E-state index >= 15 is 0 Å². The molecule has 1 aromatic heterocycles. The highest BCUT2D eigenvalue weighted by atomic mass is 35.5. The van der Waals surface area contributed by atoms with Gasteiger partial charge in [0.25, 0.3) is 0 Å². The molecule has 0 saturated heterocycles. The molecule has 1 heterocycles. The van der Waals surface area contributed by atoms with E-state index in [-0.39, 0.29) is 0 Å². The summed E-state index contributed by atoms with van der Waals surface area (Å²) in [6.45, 7) is 2.95. The molecule has 4 heteroatoms. The van der Waals surface area contributed by atoms with E-state index in [0.717, 1.165) is 24.0 Å². The van der Waals surface area contributed by atoms with Crippen LogP contribution in [-0.2, 0) is 0 Å². The number of nitrogens with one attached hydrogen (secondary N) is 1. The first-order valence-corrected chi connectivity index (χ1v) is 5.35. The number of hydrogen-bond donors (Lipinski definition) is 1. The molecule has 0 saturated carbocycles. The Labute approximate surface area is 93.5 Å². The maximum atomic E-state index is 6.00. The zero-order valence-electron chi connectivity index (χ0n) is 8.50. The molecule has 78 valence electrons. The number of fused-ring (bicyclic) bond motifs is 1. The van der Waals surface area contributed by atoms with Gasteiger partial charge in [0.2, 0.25) is 0 Å². The highest BCUT2D eigenvalue weighted by molar-refractivity contribution is 6.32. The molecule has 0 radical (unpaired) electrons. The van der Waals surface area contributed by atoms with Crippen LogP contribution in [0.25, 0.3) is 11.0 Å². The number of nitrogens with zero attached hydrogens (tertiary/aromatic N) is 2. The largest absolute Gasteiger partial charge is 0.368 e. The van der Waals surface area contributed by atoms with Gasteiger partial charge in [-0.2, -0.15) is 0 Å². The van der Waals surface area contributed by atoms with E-state index < -0.39 is 0 Å². The molecule has 2 rings (SSSR count). The van der Waals surface area contributed by atoms with Gasteiger partial charge in [0, 0.05) is 6.54 Å². The molecule has 3 nitrogen and oxygen atoms in total. The van der Waals surface area contributed by atoms with Crippen molar-refractivity contribution in [2.24, 2.45) is 0 Å². The number of benzene rings is 1. The zero-order valence-corrected chi connectivity index (χ0v) is 9.25. The summed E-state index contributed by atoms with van der Waals surface area (Å²) in [4.78, 5) is 8.68. The number of hydrogen-bond acceptors (Lipinski definition) is 3. The monoisotopic (exact) mass is 221 g/mol. The average Bonchev–Trinajstić information content (AvgIpc) is 2.26. The van der Waals surface area contributed by atoms with E-state index in [2.05, 4.69) is 22.2 Å². The minimum absolute atomic E-state index is 0.433. The molecule has 0 aliphatic rings. The molecule has 0 spiro atoms. The van der Waals surface area contributed by atoms with Gasteiger partial charge in [-0.15, -0.1) is 0 Å². The molecule has 2 aromatic rings. The van der Waals surface area contributed by atoms with Crippen LogP contribution < -0.4 is 5.32 Å². The van der Waals surface area contributed by atoms with Crippen molar-refractivity contribution in [3.8, 4) is 0 Å². The number of aromatic nitrogens is 2. The van der Waals surface area contributed by atoms with Crippen LogP contribution in [0.5, 0.6) is 0 Å². The summed E-state index contributed by atoms with van der Waals surface area (Å²) in [6.07, 6.45) is 1.03. The van der Waals surface area contributed by atoms with Gasteiger partial charge in [-0.1, -0.05) is 30.7 Å². The lowest BCUT2D eigenvalue weighted by atomic mass is 10.3. The molecule has 0 amide bonds. The predicted octanol–water partition coefficient (Wildman–Crippen LogP) is 3.11. The van der Waals surface area contributed by atoms with Crippen LogP contribution in [0.15, 0.2) is 24.3 Å². The Kier molecular flexibility index (Phi) is 3.02. The number of rotatable bonds is 3. The van der Waals surface area contributed by atoms with Crippen LogP contribution >= 0.6 is 11.6 Å². The third-order valence-electron chi connectivity index (χ3n) is 2.07. The van der Waals surface area contributed by atoms with Gasteiger partial charge in [-0.3, -0.25) is 0 Å². The van der Waals surface area contributed by atoms with E-state index in [1.54, 1.807) is 0 Å². The lowest BCUT2D eigenvalue weighted by molar-refractivity contribution is 0.969. The first-order chi connectivity index (χ1) is 7.31. The summed E-state index contributed by atoms with van der Waals surface area (Å²) in [5.41, 5.74) is 1.69. The van der Waals surface area contributed by atoms with Crippen molar-refractivity contribution in [2.75, 3.05) is 11.9 Å². The molecule has 1 aromatic carbocycles. The lowest BCUT2D eigenvalue weighted by Gasteiger charge is -2.06. The highest BCUT2D eigenvalue weighted by Gasteiger charge is 2.04. The third kappa shape index (κ3) is 2.18. The Hall–Kier alpha value is -1.35. The molecule has 0 bridgehead atoms. The summed E-state index contributed by atoms with van der Waals surface area (Å²) in [5.74, 6) is 0.664. The molecule has 0 unspecified atom stereocenters. The van der Waals surface area contributed by atoms with Gasteiger partial charge >= 0.3 is 0 Å². The molecule has 0 aliphatic carbocycles. The van der Waals surface area contributed by atoms with Gasteiger partial charge in [0.05, 0.1) is 11.0 Å². The average molecular weight is 222 g/mol. The minimum Gasteiger partial charge on any atom is -0.368 e. The minimum atomic E-state index is 0.433. The second-order valence-corrected chi connectivity index (χ2v) is 3.64. The Bertz CT molecular complexity index is 470. The standard InChI is InChI=1S/C11H12ClN3/c1-2-7-13-11-10(12)14-8-5-3-4-6-9(8)15-11/h3-6H,2,7H2,1H3,(H,13,15). The summed E-state index contributed by atoms with van der Waals surface area (Å²) in [6, 6.07) is 7.69. The molecular formula is C11H12ClN3. The van der Waals surface area contributed by atoms with Crippen molar-refractivity contribution < 1.29 is 0 Å². The van der Waals surface area contributed by atoms with Gasteiger partial charge in [-0.05, 0) is 18.6 Å². The molecule has 1 N–H and O–H groups in total. The first kappa shape index (κ1) is 10.2. The third-order valence-corrected chi connectivity index (χ3v) is 2.33. The van der Waals surface area contributed by atoms with Crippen LogP contribution in [0.4, 0.5) is 5.82 Å². The van der Waals surface area contributed by atoms with Crippen molar-refractivity contribution in [2.45, 2.75) is 13.3 Å². The molecular weight excluding hydrogens is 210 g/mol. The summed E-state index contributed by atoms with van der Waals surface area (Å²) < 4.78 is 0. The fourth-order valence-corrected chi connectivity index (χ4v) is 1.53. The summed E-state index contributed by atoms with van der Waals surface area (Å²) >= 11 is 6.00. The van der Waals surface area contributed by atoms with Crippen molar-refractivity contribution in [3.05, 3.63) is 29.4 Å². The summed E-state index contributed by atoms with van der Waals surface area (Å²) in [7, 11) is 0. The molecule has 15 heavy (non-hydrogen) atoms. The van der Waals surface area contributed by atoms with Crippen molar-refractivity contribution in [1.29, 1.82) is 0 Å². The smallest absolute Gasteiger partial charge is 0.172 e. The van der Waals surface area contributed by atoms with Gasteiger partial charge < -0.3 is 5.32 Å². The maximum absolute atomic E-state index is 6.00. The first-order valence-electron chi connectivity index (χ1n) is 4.97. The second kappa shape index (κ2) is 4.45. The van der Waals surface area contributed by atoms with Crippen molar-refractivity contribution in [1.82, 2.24) is 9.97 Å². The van der Waals surface area contributed by atoms with Gasteiger partial charge in [-0.25, -0.2) is 9.97 Å². The Morgan fingerprint density at radius 3 is 2.53 bits per heavy atom. The fourth-order valence-electron chi connectivity index (χ4n) is 1.33. The maximum Gasteiger partial charge on any atom is 0.172 e. The van der Waals surface area contributed by atoms with Crippen LogP contribution in [-0.4, -0.2) is 16.5 Å². The highest BCUT2D eigenvalue weighted by Crippen LogP contribution is 2.20. The Morgan fingerprint density at radius 2 is 1.87 bits per heavy atom. The predicted molar refractivity (Wildman–Crippen MR) is 63.3 cm³/mol. The van der Waals surface area contributed by atoms with E-state index in [9.17, 15) is 0 Å². The topological polar surface area (TPSA) is 37.8 Å². The van der Waals surface area contributed by atoms with Crippen molar-refractivity contribution in [3.63, 3.8) is 0 Å². The van der Waals surface area contributed by atoms with Crippen LogP contribution in [0.2, 0.25) is 5.15 Å². The molecule has 0 atom stereocenters. The van der Waals surface area contributed by atoms with Crippen LogP contribution in [0.1, 0.15) is 13.3 Å². The van der Waals surface area contributed by atoms with Crippen LogP contribution in [0.3, 0.4) is 0 Å². The molecule has 0 fully saturated rings. The van der Waals surface area contributed by atoms with Gasteiger partial charge in [0.15, 0.2) is 11.0 Å². The van der Waals surface area contributed by atoms with Crippen molar-refractivity contribution >= 4 is 28.5 Å². The Morgan fingerprint density at radius 1 is 1.20 bits per heavy atom. The SMILES string of the molecule is CCCNc1nc2ccccc2nc1Cl. The fraction of sp³-hybridized carbons (Fsp3) is 0.273. The molecule has 0 aliphatic heterocycles. The van der Waals surface area contributed by atoms with E-state index in [1.807, 2.05) is 24.3 Å². The number of halogens is 1. The van der Waals surface area contributed by atoms with E-state index in [1.165, 1.54) is 0 Å². The number of anilines is 1. The Balaban J connectivity index is 2.43. The van der Waals surface area contributed by atoms with Crippen LogP contribution in [0, 0.1) is 0 Å². The quantitative estimate of drug-likeness (QED) is 0.866. The normalized spacial score (nSPS) is 10.5. The van der Waals surface area contributed by atoms with E-state index in [0.29, 0.717) is 11.0 Å². The number of para-hydroxylation sites is 2. The van der Waals surface area contributed by atoms with E-state index in [4.69, 9.17) is 11.6 Å². The second-order valence-electron chi connectivity index (χ2n) is 3.28. The lowest BCUT2D eigenvalue weighted by Crippen LogP contribution is -2.03.